The fraction of sp³-hybridized carbons (Fsp3) is 0.625. The lowest BCUT2D eigenvalue weighted by Crippen LogP contribution is -2.48. The van der Waals surface area contributed by atoms with Crippen molar-refractivity contribution in [2.24, 2.45) is 17.3 Å². The van der Waals surface area contributed by atoms with E-state index < -0.39 is 50.0 Å². The van der Waals surface area contributed by atoms with Crippen LogP contribution < -0.4 is 21.4 Å². The number of nitrogens with zero attached hydrogens (tertiary/aromatic N) is 2. The number of aromatic nitrogens is 2. The molecule has 2 N–H and O–H groups in total. The minimum absolute atomic E-state index is 0.0722. The van der Waals surface area contributed by atoms with Crippen molar-refractivity contribution >= 4 is 26.8 Å². The first-order valence-electron chi connectivity index (χ1n) is 12.4. The predicted octanol–water partition coefficient (Wildman–Crippen LogP) is 2.30. The zero-order valence-electron chi connectivity index (χ0n) is 19.9. The van der Waals surface area contributed by atoms with E-state index in [1.165, 1.54) is 22.8 Å². The van der Waals surface area contributed by atoms with E-state index >= 15 is 0 Å². The van der Waals surface area contributed by atoms with Crippen LogP contribution in [0.15, 0.2) is 32.7 Å². The van der Waals surface area contributed by atoms with Gasteiger partial charge in [-0.3, -0.25) is 19.6 Å². The highest BCUT2D eigenvalue weighted by molar-refractivity contribution is 7.89. The molecule has 2 aromatic rings. The highest BCUT2D eigenvalue weighted by Gasteiger charge is 2.74. The van der Waals surface area contributed by atoms with Crippen molar-refractivity contribution in [2.45, 2.75) is 81.2 Å². The van der Waals surface area contributed by atoms with Gasteiger partial charge in [0.25, 0.3) is 5.56 Å². The van der Waals surface area contributed by atoms with Crippen molar-refractivity contribution < 1.29 is 22.0 Å². The van der Waals surface area contributed by atoms with Crippen LogP contribution in [-0.2, 0) is 21.4 Å². The maximum absolute atomic E-state index is 14.1. The van der Waals surface area contributed by atoms with Crippen LogP contribution in [0.25, 0.3) is 10.9 Å². The Bertz CT molecular complexity index is 1520. The summed E-state index contributed by atoms with van der Waals surface area (Å²) in [4.78, 5) is 39.4. The van der Waals surface area contributed by atoms with Crippen molar-refractivity contribution in [1.82, 2.24) is 14.0 Å². The van der Waals surface area contributed by atoms with Crippen molar-refractivity contribution in [3.8, 4) is 0 Å². The Morgan fingerprint density at radius 1 is 1.14 bits per heavy atom. The first-order valence-corrected chi connectivity index (χ1v) is 13.8. The molecule has 4 saturated carbocycles. The van der Waals surface area contributed by atoms with E-state index in [1.54, 1.807) is 6.92 Å². The molecule has 4 aliphatic rings. The van der Waals surface area contributed by atoms with Crippen molar-refractivity contribution in [1.29, 1.82) is 0 Å². The van der Waals surface area contributed by atoms with E-state index in [0.29, 0.717) is 43.2 Å². The molecule has 6 rings (SSSR count). The number of rotatable bonds is 7. The molecule has 36 heavy (non-hydrogen) atoms. The second-order valence-electron chi connectivity index (χ2n) is 11.4. The molecule has 0 saturated heterocycles. The third-order valence-corrected chi connectivity index (χ3v) is 9.97. The van der Waals surface area contributed by atoms with E-state index in [0.717, 1.165) is 0 Å². The third-order valence-electron chi connectivity index (χ3n) is 8.34. The molecule has 1 unspecified atom stereocenters. The van der Waals surface area contributed by atoms with Gasteiger partial charge in [-0.25, -0.2) is 26.7 Å². The lowest BCUT2D eigenvalue weighted by atomic mass is 9.86. The van der Waals surface area contributed by atoms with E-state index in [2.05, 4.69) is 10.1 Å². The Hall–Kier alpha value is -2.60. The summed E-state index contributed by atoms with van der Waals surface area (Å²) in [5, 5.41) is -0.0815. The minimum atomic E-state index is -3.94. The smallest absolute Gasteiger partial charge is 0.291 e. The van der Waals surface area contributed by atoms with Crippen molar-refractivity contribution in [3.63, 3.8) is 0 Å². The first kappa shape index (κ1) is 23.8. The van der Waals surface area contributed by atoms with Gasteiger partial charge < -0.3 is 0 Å². The zero-order valence-corrected chi connectivity index (χ0v) is 20.7. The third kappa shape index (κ3) is 3.98. The van der Waals surface area contributed by atoms with Crippen LogP contribution >= 0.6 is 0 Å². The molecular weight excluding hydrogens is 494 g/mol. The SMILES string of the molecule is CC1(NS(=O)(=O)c2ccc3c(c2)c(=O)n(NC(=O)C24CC2C4)c(=O)n3CC2CCCC(F)(F)C2)CC1. The van der Waals surface area contributed by atoms with Crippen LogP contribution in [-0.4, -0.2) is 35.0 Å². The highest BCUT2D eigenvalue weighted by atomic mass is 32.2. The maximum atomic E-state index is 14.1. The number of amides is 1. The molecule has 4 fully saturated rings. The van der Waals surface area contributed by atoms with Gasteiger partial charge in [-0.15, -0.1) is 0 Å². The van der Waals surface area contributed by atoms with Crippen LogP contribution in [0, 0.1) is 17.3 Å². The predicted molar refractivity (Wildman–Crippen MR) is 127 cm³/mol. The van der Waals surface area contributed by atoms with Crippen LogP contribution in [0.4, 0.5) is 8.78 Å². The van der Waals surface area contributed by atoms with Gasteiger partial charge in [-0.05, 0) is 75.5 Å². The molecule has 1 heterocycles. The quantitative estimate of drug-likeness (QED) is 0.579. The van der Waals surface area contributed by atoms with Gasteiger partial charge >= 0.3 is 5.69 Å². The number of halogens is 2. The second-order valence-corrected chi connectivity index (χ2v) is 13.1. The van der Waals surface area contributed by atoms with E-state index in [-0.39, 0.29) is 41.1 Å². The number of nitrogens with one attached hydrogen (secondary N) is 2. The van der Waals surface area contributed by atoms with E-state index in [1.807, 2.05) is 0 Å². The topological polar surface area (TPSA) is 119 Å². The van der Waals surface area contributed by atoms with E-state index in [9.17, 15) is 31.6 Å². The van der Waals surface area contributed by atoms with Gasteiger partial charge in [0.15, 0.2) is 0 Å². The fourth-order valence-corrected chi connectivity index (χ4v) is 6.93. The normalized spacial score (nSPS) is 29.4. The summed E-state index contributed by atoms with van der Waals surface area (Å²) in [5.41, 5.74) is -0.150. The van der Waals surface area contributed by atoms with Gasteiger partial charge in [0.2, 0.25) is 21.9 Å². The van der Waals surface area contributed by atoms with Crippen LogP contribution in [0.1, 0.15) is 58.3 Å². The summed E-state index contributed by atoms with van der Waals surface area (Å²) < 4.78 is 58.5. The maximum Gasteiger partial charge on any atom is 0.350 e. The lowest BCUT2D eigenvalue weighted by Gasteiger charge is -2.29. The molecule has 12 heteroatoms. The molecule has 0 aliphatic heterocycles. The van der Waals surface area contributed by atoms with Crippen LogP contribution in [0.3, 0.4) is 0 Å². The molecule has 194 valence electrons. The summed E-state index contributed by atoms with van der Waals surface area (Å²) in [5.74, 6) is -3.49. The Labute approximate surface area is 205 Å². The second kappa shape index (κ2) is 7.47. The van der Waals surface area contributed by atoms with Gasteiger partial charge in [0.1, 0.15) is 0 Å². The van der Waals surface area contributed by atoms with Gasteiger partial charge in [0.05, 0.1) is 21.2 Å². The Balaban J connectivity index is 1.45. The molecule has 1 atom stereocenters. The van der Waals surface area contributed by atoms with Gasteiger partial charge in [0, 0.05) is 24.9 Å². The molecule has 0 spiro atoms. The summed E-state index contributed by atoms with van der Waals surface area (Å²) in [6.45, 7) is 1.71. The van der Waals surface area contributed by atoms with Gasteiger partial charge in [-0.1, -0.05) is 0 Å². The van der Waals surface area contributed by atoms with Crippen molar-refractivity contribution in [3.05, 3.63) is 39.0 Å². The molecule has 1 aromatic carbocycles. The average Bonchev–Trinajstić information content (AvgIpc) is 3.70. The Morgan fingerprint density at radius 3 is 2.44 bits per heavy atom. The summed E-state index contributed by atoms with van der Waals surface area (Å²) in [7, 11) is -3.94. The monoisotopic (exact) mass is 522 g/mol. The number of alkyl halides is 2. The number of hydrogen-bond donors (Lipinski definition) is 2. The standard InChI is InChI=1S/C24H28F2N4O5S/c1-22(7-8-22)28-36(34,35)16-4-5-18-17(9-16)19(31)30(27-20(32)23-11-15(23)12-23)21(33)29(18)13-14-3-2-6-24(25,26)10-14/h4-5,9,14-15,28H,2-3,6-8,10-13H2,1H3,(H,27,32). The van der Waals surface area contributed by atoms with Gasteiger partial charge in [-0.2, -0.15) is 4.68 Å². The van der Waals surface area contributed by atoms with Crippen LogP contribution in [0.5, 0.6) is 0 Å². The fourth-order valence-electron chi connectivity index (χ4n) is 5.44. The molecule has 1 aromatic heterocycles. The number of carbonyl (C=O) groups excluding carboxylic acids is 1. The Morgan fingerprint density at radius 2 is 1.83 bits per heavy atom. The van der Waals surface area contributed by atoms with Crippen molar-refractivity contribution in [2.75, 3.05) is 5.43 Å². The average molecular weight is 523 g/mol. The molecule has 1 amide bonds. The summed E-state index contributed by atoms with van der Waals surface area (Å²) in [6, 6.07) is 3.86. The minimum Gasteiger partial charge on any atom is -0.291 e. The number of benzene rings is 1. The number of fused-ring (bicyclic) bond motifs is 2. The number of carbonyl (C=O) groups is 1. The molecule has 0 radical (unpaired) electrons. The number of hydrogen-bond acceptors (Lipinski definition) is 5. The highest BCUT2D eigenvalue weighted by Crippen LogP contribution is 2.75. The molecule has 9 nitrogen and oxygen atoms in total. The molecule has 0 bridgehead atoms. The molecular formula is C24H28F2N4O5S. The Kier molecular flexibility index (Phi) is 4.93. The largest absolute Gasteiger partial charge is 0.350 e. The number of sulfonamides is 1. The van der Waals surface area contributed by atoms with Crippen LogP contribution in [0.2, 0.25) is 0 Å². The van der Waals surface area contributed by atoms with E-state index in [4.69, 9.17) is 0 Å². The lowest BCUT2D eigenvalue weighted by molar-refractivity contribution is -0.120. The first-order chi connectivity index (χ1) is 16.8. The zero-order chi connectivity index (χ0) is 25.7. The summed E-state index contributed by atoms with van der Waals surface area (Å²) in [6.07, 6.45) is 3.04. The summed E-state index contributed by atoms with van der Waals surface area (Å²) >= 11 is 0. The molecule has 4 aliphatic carbocycles.